The van der Waals surface area contributed by atoms with Crippen LogP contribution in [0.5, 0.6) is 0 Å². The maximum Gasteiger partial charge on any atom is 0.251 e. The lowest BCUT2D eigenvalue weighted by Gasteiger charge is -2.15. The normalized spacial score (nSPS) is 18.0. The molecule has 0 spiro atoms. The number of sulfonamides is 1. The summed E-state index contributed by atoms with van der Waals surface area (Å²) in [6.45, 7) is 2.83. The number of hydrogen-bond acceptors (Lipinski definition) is 4. The van der Waals surface area contributed by atoms with E-state index in [2.05, 4.69) is 26.0 Å². The molecule has 0 unspecified atom stereocenters. The van der Waals surface area contributed by atoms with Gasteiger partial charge in [0, 0.05) is 23.2 Å². The maximum absolute atomic E-state index is 12.5. The standard InChI is InChI=1S/C20H23BrN2O4S/c1-14(15-4-8-17(21)9-5-15)23-20(24)16-6-10-19(11-7-16)28(25,26)22-13-18-3-2-12-27-18/h4-11,14,18,22H,2-3,12-13H2,1H3,(H,23,24)/t14-,18-/m0/s1. The number of carbonyl (C=O) groups excluding carboxylic acids is 1. The average molecular weight is 467 g/mol. The van der Waals surface area contributed by atoms with Gasteiger partial charge in [0.25, 0.3) is 5.91 Å². The maximum atomic E-state index is 12.5. The van der Waals surface area contributed by atoms with E-state index in [1.807, 2.05) is 31.2 Å². The summed E-state index contributed by atoms with van der Waals surface area (Å²) in [5.74, 6) is -0.258. The van der Waals surface area contributed by atoms with E-state index < -0.39 is 10.0 Å². The fraction of sp³-hybridized carbons (Fsp3) is 0.350. The van der Waals surface area contributed by atoms with Crippen molar-refractivity contribution >= 4 is 31.9 Å². The summed E-state index contributed by atoms with van der Waals surface area (Å²) in [4.78, 5) is 12.6. The van der Waals surface area contributed by atoms with Crippen LogP contribution in [0.3, 0.4) is 0 Å². The van der Waals surface area contributed by atoms with Crippen molar-refractivity contribution in [2.75, 3.05) is 13.2 Å². The molecule has 3 rings (SSSR count). The summed E-state index contributed by atoms with van der Waals surface area (Å²) in [6.07, 6.45) is 1.74. The first kappa shape index (κ1) is 21.0. The molecule has 1 saturated heterocycles. The number of nitrogens with one attached hydrogen (secondary N) is 2. The topological polar surface area (TPSA) is 84.5 Å². The summed E-state index contributed by atoms with van der Waals surface area (Å²) >= 11 is 3.39. The average Bonchev–Trinajstić information content (AvgIpc) is 3.21. The van der Waals surface area contributed by atoms with Gasteiger partial charge in [0.2, 0.25) is 10.0 Å². The van der Waals surface area contributed by atoms with Crippen molar-refractivity contribution in [3.8, 4) is 0 Å². The predicted molar refractivity (Wildman–Crippen MR) is 111 cm³/mol. The van der Waals surface area contributed by atoms with Crippen LogP contribution in [-0.2, 0) is 14.8 Å². The van der Waals surface area contributed by atoms with Crippen LogP contribution in [0.4, 0.5) is 0 Å². The van der Waals surface area contributed by atoms with Crippen LogP contribution in [-0.4, -0.2) is 33.6 Å². The molecule has 28 heavy (non-hydrogen) atoms. The molecule has 2 aromatic rings. The molecular formula is C20H23BrN2O4S. The minimum atomic E-state index is -3.63. The van der Waals surface area contributed by atoms with Gasteiger partial charge in [-0.15, -0.1) is 0 Å². The number of hydrogen-bond donors (Lipinski definition) is 2. The van der Waals surface area contributed by atoms with Gasteiger partial charge >= 0.3 is 0 Å². The van der Waals surface area contributed by atoms with Crippen LogP contribution in [0.2, 0.25) is 0 Å². The smallest absolute Gasteiger partial charge is 0.251 e. The fourth-order valence-corrected chi connectivity index (χ4v) is 4.32. The second-order valence-corrected chi connectivity index (χ2v) is 9.44. The zero-order valence-electron chi connectivity index (χ0n) is 15.5. The Kier molecular flexibility index (Phi) is 6.87. The van der Waals surface area contributed by atoms with Crippen LogP contribution in [0, 0.1) is 0 Å². The van der Waals surface area contributed by atoms with Gasteiger partial charge in [0.15, 0.2) is 0 Å². The lowest BCUT2D eigenvalue weighted by Crippen LogP contribution is -2.32. The van der Waals surface area contributed by atoms with Gasteiger partial charge in [-0.05, 0) is 61.7 Å². The lowest BCUT2D eigenvalue weighted by molar-refractivity contribution is 0.0939. The van der Waals surface area contributed by atoms with E-state index in [9.17, 15) is 13.2 Å². The minimum absolute atomic E-state index is 0.0695. The first-order chi connectivity index (χ1) is 13.3. The van der Waals surface area contributed by atoms with Crippen LogP contribution in [0.25, 0.3) is 0 Å². The molecule has 2 atom stereocenters. The number of ether oxygens (including phenoxy) is 1. The number of rotatable bonds is 7. The Balaban J connectivity index is 1.60. The molecule has 2 N–H and O–H groups in total. The first-order valence-electron chi connectivity index (χ1n) is 9.13. The van der Waals surface area contributed by atoms with Crippen molar-refractivity contribution in [3.63, 3.8) is 0 Å². The molecule has 150 valence electrons. The number of carbonyl (C=O) groups is 1. The van der Waals surface area contributed by atoms with Crippen molar-refractivity contribution < 1.29 is 17.9 Å². The van der Waals surface area contributed by atoms with Crippen LogP contribution < -0.4 is 10.0 Å². The van der Waals surface area contributed by atoms with Crippen molar-refractivity contribution in [2.45, 2.75) is 36.8 Å². The molecule has 1 heterocycles. The molecule has 0 aromatic heterocycles. The van der Waals surface area contributed by atoms with Crippen LogP contribution in [0.15, 0.2) is 57.9 Å². The van der Waals surface area contributed by atoms with Gasteiger partial charge in [-0.3, -0.25) is 4.79 Å². The van der Waals surface area contributed by atoms with E-state index in [0.717, 1.165) is 22.9 Å². The molecular weight excluding hydrogens is 444 g/mol. The van der Waals surface area contributed by atoms with Gasteiger partial charge in [-0.1, -0.05) is 28.1 Å². The van der Waals surface area contributed by atoms with Gasteiger partial charge in [-0.25, -0.2) is 13.1 Å². The number of halogens is 1. The third-order valence-corrected chi connectivity index (χ3v) is 6.64. The zero-order chi connectivity index (χ0) is 20.1. The molecule has 1 aliphatic heterocycles. The molecule has 1 aliphatic rings. The largest absolute Gasteiger partial charge is 0.377 e. The monoisotopic (exact) mass is 466 g/mol. The van der Waals surface area contributed by atoms with E-state index in [-0.39, 0.29) is 29.5 Å². The Morgan fingerprint density at radius 2 is 1.86 bits per heavy atom. The molecule has 1 fully saturated rings. The lowest BCUT2D eigenvalue weighted by atomic mass is 10.1. The number of amides is 1. The van der Waals surface area contributed by atoms with Crippen LogP contribution in [0.1, 0.15) is 41.7 Å². The van der Waals surface area contributed by atoms with Gasteiger partial charge < -0.3 is 10.1 Å². The highest BCUT2D eigenvalue weighted by atomic mass is 79.9. The van der Waals surface area contributed by atoms with Crippen molar-refractivity contribution in [1.29, 1.82) is 0 Å². The highest BCUT2D eigenvalue weighted by Crippen LogP contribution is 2.18. The second kappa shape index (κ2) is 9.17. The zero-order valence-corrected chi connectivity index (χ0v) is 17.9. The highest BCUT2D eigenvalue weighted by Gasteiger charge is 2.20. The van der Waals surface area contributed by atoms with Crippen LogP contribution >= 0.6 is 15.9 Å². The quantitative estimate of drug-likeness (QED) is 0.654. The van der Waals surface area contributed by atoms with E-state index in [1.54, 1.807) is 0 Å². The van der Waals surface area contributed by atoms with E-state index in [4.69, 9.17) is 4.74 Å². The second-order valence-electron chi connectivity index (χ2n) is 6.76. The summed E-state index contributed by atoms with van der Waals surface area (Å²) in [7, 11) is -3.63. The van der Waals surface area contributed by atoms with Crippen molar-refractivity contribution in [3.05, 3.63) is 64.1 Å². The summed E-state index contributed by atoms with van der Waals surface area (Å²) in [5.41, 5.74) is 1.39. The Morgan fingerprint density at radius 3 is 2.46 bits per heavy atom. The molecule has 6 nitrogen and oxygen atoms in total. The minimum Gasteiger partial charge on any atom is -0.377 e. The number of benzene rings is 2. The van der Waals surface area contributed by atoms with E-state index in [0.29, 0.717) is 12.2 Å². The van der Waals surface area contributed by atoms with Gasteiger partial charge in [0.1, 0.15) is 0 Å². The van der Waals surface area contributed by atoms with Crippen molar-refractivity contribution in [1.82, 2.24) is 10.0 Å². The third-order valence-electron chi connectivity index (χ3n) is 4.67. The molecule has 0 bridgehead atoms. The third kappa shape index (κ3) is 5.41. The SMILES string of the molecule is C[C@H](NC(=O)c1ccc(S(=O)(=O)NC[C@@H]2CCCO2)cc1)c1ccc(Br)cc1. The Hall–Kier alpha value is -1.74. The Morgan fingerprint density at radius 1 is 1.18 bits per heavy atom. The molecule has 0 saturated carbocycles. The predicted octanol–water partition coefficient (Wildman–Crippen LogP) is 3.40. The molecule has 1 amide bonds. The molecule has 0 radical (unpaired) electrons. The van der Waals surface area contributed by atoms with Gasteiger partial charge in [-0.2, -0.15) is 0 Å². The van der Waals surface area contributed by atoms with E-state index in [1.165, 1.54) is 24.3 Å². The fourth-order valence-electron chi connectivity index (χ4n) is 2.99. The van der Waals surface area contributed by atoms with Gasteiger partial charge in [0.05, 0.1) is 17.0 Å². The van der Waals surface area contributed by atoms with Crippen molar-refractivity contribution in [2.24, 2.45) is 0 Å². The summed E-state index contributed by atoms with van der Waals surface area (Å²) in [5, 5.41) is 2.92. The summed E-state index contributed by atoms with van der Waals surface area (Å²) in [6, 6.07) is 13.5. The first-order valence-corrected chi connectivity index (χ1v) is 11.4. The summed E-state index contributed by atoms with van der Waals surface area (Å²) < 4.78 is 33.7. The molecule has 8 heteroatoms. The Labute approximate surface area is 173 Å². The molecule has 2 aromatic carbocycles. The van der Waals surface area contributed by atoms with E-state index >= 15 is 0 Å². The Bertz CT molecular complexity index is 908. The molecule has 0 aliphatic carbocycles. The highest BCUT2D eigenvalue weighted by molar-refractivity contribution is 9.10.